The molecule has 1 atom stereocenters. The number of carbonyl (C=O) groups excluding carboxylic acids is 3. The smallest absolute Gasteiger partial charge is 0.253 e. The monoisotopic (exact) mass is 424 g/mol. The number of benzene rings is 2. The second kappa shape index (κ2) is 11.7. The van der Waals surface area contributed by atoms with Crippen LogP contribution in [0.1, 0.15) is 54.8 Å². The van der Waals surface area contributed by atoms with Crippen LogP contribution in [0.4, 0.5) is 11.4 Å². The maximum atomic E-state index is 12.5. The van der Waals surface area contributed by atoms with Crippen LogP contribution in [-0.4, -0.2) is 48.3 Å². The molecule has 7 heteroatoms. The topological polar surface area (TPSA) is 90.5 Å². The van der Waals surface area contributed by atoms with Crippen molar-refractivity contribution in [2.45, 2.75) is 40.2 Å². The molecule has 0 saturated carbocycles. The third-order valence-electron chi connectivity index (χ3n) is 5.03. The minimum atomic E-state index is -0.225. The van der Waals surface area contributed by atoms with Crippen molar-refractivity contribution < 1.29 is 14.4 Å². The average Bonchev–Trinajstić information content (AvgIpc) is 2.79. The van der Waals surface area contributed by atoms with Crippen molar-refractivity contribution in [1.29, 1.82) is 0 Å². The van der Waals surface area contributed by atoms with Crippen LogP contribution in [0.25, 0.3) is 0 Å². The molecule has 0 aliphatic heterocycles. The number of amides is 3. The van der Waals surface area contributed by atoms with E-state index in [0.717, 1.165) is 6.42 Å². The van der Waals surface area contributed by atoms with Gasteiger partial charge in [-0.3, -0.25) is 14.4 Å². The van der Waals surface area contributed by atoms with Gasteiger partial charge >= 0.3 is 0 Å². The molecule has 0 aliphatic rings. The van der Waals surface area contributed by atoms with E-state index in [-0.39, 0.29) is 30.3 Å². The number of rotatable bonds is 10. The second-order valence-electron chi connectivity index (χ2n) is 7.32. The lowest BCUT2D eigenvalue weighted by Gasteiger charge is -2.19. The Morgan fingerprint density at radius 2 is 1.58 bits per heavy atom. The zero-order chi connectivity index (χ0) is 22.8. The molecule has 2 rings (SSSR count). The van der Waals surface area contributed by atoms with E-state index in [2.05, 4.69) is 16.0 Å². The van der Waals surface area contributed by atoms with Gasteiger partial charge in [0.1, 0.15) is 0 Å². The Labute approximate surface area is 184 Å². The molecule has 0 heterocycles. The molecule has 31 heavy (non-hydrogen) atoms. The fourth-order valence-electron chi connectivity index (χ4n) is 2.96. The normalized spacial score (nSPS) is 11.4. The van der Waals surface area contributed by atoms with Crippen molar-refractivity contribution >= 4 is 29.1 Å². The fraction of sp³-hybridized carbons (Fsp3) is 0.375. The van der Waals surface area contributed by atoms with Gasteiger partial charge in [-0.05, 0) is 69.7 Å². The van der Waals surface area contributed by atoms with Crippen LogP contribution >= 0.6 is 0 Å². The van der Waals surface area contributed by atoms with Crippen LogP contribution in [0.2, 0.25) is 0 Å². The van der Waals surface area contributed by atoms with Crippen molar-refractivity contribution in [2.24, 2.45) is 0 Å². The third kappa shape index (κ3) is 7.13. The van der Waals surface area contributed by atoms with Gasteiger partial charge in [0.05, 0.1) is 6.54 Å². The van der Waals surface area contributed by atoms with Crippen LogP contribution in [0, 0.1) is 0 Å². The second-order valence-corrected chi connectivity index (χ2v) is 7.32. The van der Waals surface area contributed by atoms with E-state index in [9.17, 15) is 14.4 Å². The molecule has 2 aromatic rings. The van der Waals surface area contributed by atoms with Gasteiger partial charge in [-0.25, -0.2) is 0 Å². The predicted molar refractivity (Wildman–Crippen MR) is 124 cm³/mol. The van der Waals surface area contributed by atoms with E-state index in [4.69, 9.17) is 0 Å². The summed E-state index contributed by atoms with van der Waals surface area (Å²) in [6.07, 6.45) is 0.861. The number of nitrogens with one attached hydrogen (secondary N) is 3. The molecule has 166 valence electrons. The summed E-state index contributed by atoms with van der Waals surface area (Å²) in [5.41, 5.74) is 2.44. The number of nitrogens with zero attached hydrogens (tertiary/aromatic N) is 1. The Bertz CT molecular complexity index is 892. The van der Waals surface area contributed by atoms with Crippen molar-refractivity contribution in [2.75, 3.05) is 30.3 Å². The third-order valence-corrected chi connectivity index (χ3v) is 5.03. The summed E-state index contributed by atoms with van der Waals surface area (Å²) >= 11 is 0. The Morgan fingerprint density at radius 1 is 0.903 bits per heavy atom. The van der Waals surface area contributed by atoms with Gasteiger partial charge in [-0.1, -0.05) is 13.0 Å². The Hall–Kier alpha value is -3.35. The lowest BCUT2D eigenvalue weighted by Crippen LogP contribution is -2.31. The lowest BCUT2D eigenvalue weighted by molar-refractivity contribution is -0.114. The van der Waals surface area contributed by atoms with Gasteiger partial charge in [0.2, 0.25) is 5.91 Å². The maximum Gasteiger partial charge on any atom is 0.253 e. The van der Waals surface area contributed by atoms with E-state index in [0.29, 0.717) is 35.6 Å². The molecular weight excluding hydrogens is 392 g/mol. The molecule has 0 radical (unpaired) electrons. The summed E-state index contributed by atoms with van der Waals surface area (Å²) in [6, 6.07) is 14.0. The van der Waals surface area contributed by atoms with E-state index in [1.54, 1.807) is 47.4 Å². The fourth-order valence-corrected chi connectivity index (χ4v) is 2.96. The number of hydrogen-bond donors (Lipinski definition) is 3. The Morgan fingerprint density at radius 3 is 2.19 bits per heavy atom. The van der Waals surface area contributed by atoms with Crippen LogP contribution in [-0.2, 0) is 4.79 Å². The van der Waals surface area contributed by atoms with Crippen LogP contribution in [0.5, 0.6) is 0 Å². The Balaban J connectivity index is 1.90. The molecule has 3 N–H and O–H groups in total. The first-order valence-electron chi connectivity index (χ1n) is 10.7. The first-order chi connectivity index (χ1) is 14.9. The largest absolute Gasteiger partial charge is 0.376 e. The first kappa shape index (κ1) is 23.9. The standard InChI is InChI=1S/C24H32N4O3/c1-5-17(4)26-23(30)18-11-13-20(14-12-18)27-22(29)16-25-21-10-8-9-19(15-21)24(31)28(6-2)7-3/h8-15,17,25H,5-7,16H2,1-4H3,(H,26,30)(H,27,29). The zero-order valence-corrected chi connectivity index (χ0v) is 18.7. The van der Waals surface area contributed by atoms with Gasteiger partial charge in [-0.2, -0.15) is 0 Å². The van der Waals surface area contributed by atoms with Crippen molar-refractivity contribution in [3.8, 4) is 0 Å². The van der Waals surface area contributed by atoms with Gasteiger partial charge in [0, 0.05) is 41.6 Å². The lowest BCUT2D eigenvalue weighted by atomic mass is 10.1. The molecule has 2 aromatic carbocycles. The summed E-state index contributed by atoms with van der Waals surface area (Å²) in [4.78, 5) is 38.6. The molecule has 7 nitrogen and oxygen atoms in total. The highest BCUT2D eigenvalue weighted by Gasteiger charge is 2.13. The van der Waals surface area contributed by atoms with Gasteiger partial charge in [-0.15, -0.1) is 0 Å². The molecule has 0 spiro atoms. The van der Waals surface area contributed by atoms with E-state index in [1.807, 2.05) is 33.8 Å². The number of anilines is 2. The van der Waals surface area contributed by atoms with Gasteiger partial charge < -0.3 is 20.9 Å². The summed E-state index contributed by atoms with van der Waals surface area (Å²) in [5.74, 6) is -0.388. The molecule has 3 amide bonds. The van der Waals surface area contributed by atoms with E-state index >= 15 is 0 Å². The van der Waals surface area contributed by atoms with Crippen LogP contribution in [0.15, 0.2) is 48.5 Å². The van der Waals surface area contributed by atoms with Crippen molar-refractivity contribution in [3.05, 3.63) is 59.7 Å². The molecule has 1 unspecified atom stereocenters. The SMILES string of the molecule is CCC(C)NC(=O)c1ccc(NC(=O)CNc2cccc(C(=O)N(CC)CC)c2)cc1. The molecule has 0 bridgehead atoms. The van der Waals surface area contributed by atoms with E-state index < -0.39 is 0 Å². The van der Waals surface area contributed by atoms with Crippen molar-refractivity contribution in [3.63, 3.8) is 0 Å². The highest BCUT2D eigenvalue weighted by molar-refractivity contribution is 5.97. The molecule has 0 aliphatic carbocycles. The summed E-state index contributed by atoms with van der Waals surface area (Å²) in [7, 11) is 0. The number of hydrogen-bond acceptors (Lipinski definition) is 4. The highest BCUT2D eigenvalue weighted by atomic mass is 16.2. The minimum absolute atomic E-state index is 0.0319. The zero-order valence-electron chi connectivity index (χ0n) is 18.7. The average molecular weight is 425 g/mol. The van der Waals surface area contributed by atoms with Gasteiger partial charge in [0.15, 0.2) is 0 Å². The molecule has 0 fully saturated rings. The summed E-state index contributed by atoms with van der Waals surface area (Å²) in [5, 5.41) is 8.75. The number of carbonyl (C=O) groups is 3. The van der Waals surface area contributed by atoms with Crippen molar-refractivity contribution in [1.82, 2.24) is 10.2 Å². The van der Waals surface area contributed by atoms with Crippen LogP contribution < -0.4 is 16.0 Å². The minimum Gasteiger partial charge on any atom is -0.376 e. The predicted octanol–water partition coefficient (Wildman–Crippen LogP) is 3.75. The maximum absolute atomic E-state index is 12.5. The van der Waals surface area contributed by atoms with E-state index in [1.165, 1.54) is 0 Å². The quantitative estimate of drug-likeness (QED) is 0.542. The highest BCUT2D eigenvalue weighted by Crippen LogP contribution is 2.14. The van der Waals surface area contributed by atoms with Crippen LogP contribution in [0.3, 0.4) is 0 Å². The molecule has 0 aromatic heterocycles. The summed E-state index contributed by atoms with van der Waals surface area (Å²) in [6.45, 7) is 9.20. The summed E-state index contributed by atoms with van der Waals surface area (Å²) < 4.78 is 0. The Kier molecular flexibility index (Phi) is 9.06. The van der Waals surface area contributed by atoms with Gasteiger partial charge in [0.25, 0.3) is 11.8 Å². The molecule has 0 saturated heterocycles. The molecular formula is C24H32N4O3. The first-order valence-corrected chi connectivity index (χ1v) is 10.7.